The molecule has 0 atom stereocenters. The third-order valence-corrected chi connectivity index (χ3v) is 5.12. The zero-order chi connectivity index (χ0) is 19.7. The SMILES string of the molecule is CC(C)c1cccc(C(C)C)c1N=Cc1ccc2ccc3cccnc3c2n1. The normalized spacial score (nSPS) is 12.1. The fraction of sp³-hybridized carbons (Fsp3) is 0.240. The molecule has 0 aliphatic heterocycles. The summed E-state index contributed by atoms with van der Waals surface area (Å²) >= 11 is 0. The van der Waals surface area contributed by atoms with Crippen LogP contribution < -0.4 is 0 Å². The van der Waals surface area contributed by atoms with E-state index >= 15 is 0 Å². The van der Waals surface area contributed by atoms with Gasteiger partial charge in [0.1, 0.15) is 0 Å². The molecule has 4 rings (SSSR count). The van der Waals surface area contributed by atoms with Crippen LogP contribution in [-0.2, 0) is 0 Å². The standard InChI is InChI=1S/C25H25N3/c1-16(2)21-8-5-9-22(17(3)4)25(21)27-15-20-13-12-19-11-10-18-7-6-14-26-23(18)24(19)28-20/h5-17H,1-4H3. The molecule has 2 aromatic carbocycles. The molecule has 0 aliphatic carbocycles. The lowest BCUT2D eigenvalue weighted by atomic mass is 9.93. The van der Waals surface area contributed by atoms with E-state index < -0.39 is 0 Å². The Morgan fingerprint density at radius 1 is 0.750 bits per heavy atom. The van der Waals surface area contributed by atoms with E-state index in [9.17, 15) is 0 Å². The number of pyridine rings is 2. The molecule has 0 saturated carbocycles. The smallest absolute Gasteiger partial charge is 0.0972 e. The van der Waals surface area contributed by atoms with E-state index in [1.165, 1.54) is 11.1 Å². The Morgan fingerprint density at radius 3 is 2.07 bits per heavy atom. The average molecular weight is 367 g/mol. The van der Waals surface area contributed by atoms with E-state index in [-0.39, 0.29) is 0 Å². The van der Waals surface area contributed by atoms with Crippen molar-refractivity contribution in [2.45, 2.75) is 39.5 Å². The molecule has 3 nitrogen and oxygen atoms in total. The van der Waals surface area contributed by atoms with Gasteiger partial charge in [0, 0.05) is 17.0 Å². The molecule has 0 aliphatic rings. The summed E-state index contributed by atoms with van der Waals surface area (Å²) in [4.78, 5) is 14.3. The molecule has 4 aromatic rings. The molecule has 0 amide bonds. The van der Waals surface area contributed by atoms with Crippen molar-refractivity contribution in [3.8, 4) is 0 Å². The summed E-state index contributed by atoms with van der Waals surface area (Å²) in [6.45, 7) is 8.85. The molecule has 0 saturated heterocycles. The number of rotatable bonds is 4. The highest BCUT2D eigenvalue weighted by molar-refractivity contribution is 6.03. The minimum Gasteiger partial charge on any atom is -0.254 e. The number of fused-ring (bicyclic) bond motifs is 3. The van der Waals surface area contributed by atoms with E-state index in [0.717, 1.165) is 33.2 Å². The van der Waals surface area contributed by atoms with Gasteiger partial charge < -0.3 is 0 Å². The maximum absolute atomic E-state index is 4.90. The summed E-state index contributed by atoms with van der Waals surface area (Å²) in [5.74, 6) is 0.840. The van der Waals surface area contributed by atoms with Crippen LogP contribution in [0.4, 0.5) is 5.69 Å². The summed E-state index contributed by atoms with van der Waals surface area (Å²) < 4.78 is 0. The number of hydrogen-bond donors (Lipinski definition) is 0. The second-order valence-corrected chi connectivity index (χ2v) is 7.80. The largest absolute Gasteiger partial charge is 0.254 e. The van der Waals surface area contributed by atoms with Crippen molar-refractivity contribution in [1.82, 2.24) is 9.97 Å². The third kappa shape index (κ3) is 3.40. The number of hydrogen-bond acceptors (Lipinski definition) is 3. The van der Waals surface area contributed by atoms with Crippen molar-refractivity contribution in [3.05, 3.63) is 77.6 Å². The Morgan fingerprint density at radius 2 is 1.39 bits per heavy atom. The number of aliphatic imine (C=N–C) groups is 1. The van der Waals surface area contributed by atoms with Gasteiger partial charge in [-0.1, -0.05) is 70.2 Å². The molecule has 0 N–H and O–H groups in total. The van der Waals surface area contributed by atoms with Crippen LogP contribution in [0.15, 0.2) is 65.8 Å². The summed E-state index contributed by atoms with van der Waals surface area (Å²) in [6, 6.07) is 18.8. The first-order valence-corrected chi connectivity index (χ1v) is 9.86. The van der Waals surface area contributed by atoms with Crippen molar-refractivity contribution in [2.24, 2.45) is 4.99 Å². The molecular weight excluding hydrogens is 342 g/mol. The number of benzene rings is 2. The molecule has 0 bridgehead atoms. The molecule has 28 heavy (non-hydrogen) atoms. The van der Waals surface area contributed by atoms with Gasteiger partial charge in [0.05, 0.1) is 28.6 Å². The fourth-order valence-electron chi connectivity index (χ4n) is 3.60. The van der Waals surface area contributed by atoms with Crippen LogP contribution in [0.25, 0.3) is 21.8 Å². The number of para-hydroxylation sites is 1. The highest BCUT2D eigenvalue weighted by atomic mass is 14.8. The molecule has 0 fully saturated rings. The summed E-state index contributed by atoms with van der Waals surface area (Å²) in [5.41, 5.74) is 6.32. The molecule has 3 heteroatoms. The molecule has 0 unspecified atom stereocenters. The average Bonchev–Trinajstić information content (AvgIpc) is 2.71. The zero-order valence-electron chi connectivity index (χ0n) is 16.8. The maximum atomic E-state index is 4.90. The first-order chi connectivity index (χ1) is 13.5. The van der Waals surface area contributed by atoms with Crippen LogP contribution in [0.2, 0.25) is 0 Å². The Balaban J connectivity index is 1.82. The lowest BCUT2D eigenvalue weighted by molar-refractivity contribution is 0.835. The summed E-state index contributed by atoms with van der Waals surface area (Å²) in [6.07, 6.45) is 3.70. The minimum absolute atomic E-state index is 0.420. The number of aromatic nitrogens is 2. The molecule has 0 radical (unpaired) electrons. The van der Waals surface area contributed by atoms with Crippen molar-refractivity contribution < 1.29 is 0 Å². The van der Waals surface area contributed by atoms with Gasteiger partial charge in [-0.2, -0.15) is 0 Å². The minimum atomic E-state index is 0.420. The monoisotopic (exact) mass is 367 g/mol. The van der Waals surface area contributed by atoms with Crippen molar-refractivity contribution in [1.29, 1.82) is 0 Å². The van der Waals surface area contributed by atoms with Crippen LogP contribution in [-0.4, -0.2) is 16.2 Å². The van der Waals surface area contributed by atoms with E-state index in [1.807, 2.05) is 24.5 Å². The van der Waals surface area contributed by atoms with Crippen LogP contribution in [0.3, 0.4) is 0 Å². The third-order valence-electron chi connectivity index (χ3n) is 5.12. The second-order valence-electron chi connectivity index (χ2n) is 7.80. The Hall–Kier alpha value is -3.07. The molecule has 140 valence electrons. The van der Waals surface area contributed by atoms with Gasteiger partial charge in [-0.25, -0.2) is 4.98 Å². The van der Waals surface area contributed by atoms with Crippen molar-refractivity contribution >= 4 is 33.7 Å². The van der Waals surface area contributed by atoms with Gasteiger partial charge >= 0.3 is 0 Å². The van der Waals surface area contributed by atoms with E-state index in [4.69, 9.17) is 9.98 Å². The van der Waals surface area contributed by atoms with E-state index in [2.05, 4.69) is 75.1 Å². The van der Waals surface area contributed by atoms with Crippen molar-refractivity contribution in [2.75, 3.05) is 0 Å². The lowest BCUT2D eigenvalue weighted by Gasteiger charge is -2.16. The Kier molecular flexibility index (Phi) is 4.91. The molecule has 0 spiro atoms. The summed E-state index contributed by atoms with van der Waals surface area (Å²) in [7, 11) is 0. The van der Waals surface area contributed by atoms with Gasteiger partial charge in [-0.05, 0) is 35.1 Å². The van der Waals surface area contributed by atoms with Gasteiger partial charge in [0.25, 0.3) is 0 Å². The first kappa shape index (κ1) is 18.3. The first-order valence-electron chi connectivity index (χ1n) is 9.86. The van der Waals surface area contributed by atoms with E-state index in [0.29, 0.717) is 11.8 Å². The molecule has 2 heterocycles. The van der Waals surface area contributed by atoms with Gasteiger partial charge in [0.15, 0.2) is 0 Å². The maximum Gasteiger partial charge on any atom is 0.0972 e. The molecular formula is C25H25N3. The Labute approximate surface area is 166 Å². The van der Waals surface area contributed by atoms with Gasteiger partial charge in [-0.3, -0.25) is 9.98 Å². The zero-order valence-corrected chi connectivity index (χ0v) is 16.8. The van der Waals surface area contributed by atoms with Crippen LogP contribution >= 0.6 is 0 Å². The quantitative estimate of drug-likeness (QED) is 0.294. The van der Waals surface area contributed by atoms with Crippen LogP contribution in [0.5, 0.6) is 0 Å². The lowest BCUT2D eigenvalue weighted by Crippen LogP contribution is -1.96. The topological polar surface area (TPSA) is 38.1 Å². The Bertz CT molecular complexity index is 1150. The van der Waals surface area contributed by atoms with Crippen molar-refractivity contribution in [3.63, 3.8) is 0 Å². The highest BCUT2D eigenvalue weighted by Gasteiger charge is 2.12. The predicted octanol–water partition coefficient (Wildman–Crippen LogP) is 6.78. The second kappa shape index (κ2) is 7.51. The number of nitrogens with zero attached hydrogens (tertiary/aromatic N) is 3. The van der Waals surface area contributed by atoms with Gasteiger partial charge in [-0.15, -0.1) is 0 Å². The van der Waals surface area contributed by atoms with E-state index in [1.54, 1.807) is 0 Å². The van der Waals surface area contributed by atoms with Crippen LogP contribution in [0.1, 0.15) is 56.4 Å². The van der Waals surface area contributed by atoms with Crippen LogP contribution in [0, 0.1) is 0 Å². The highest BCUT2D eigenvalue weighted by Crippen LogP contribution is 2.34. The molecule has 2 aromatic heterocycles. The summed E-state index contributed by atoms with van der Waals surface area (Å²) in [5, 5.41) is 2.19. The predicted molar refractivity (Wildman–Crippen MR) is 119 cm³/mol. The van der Waals surface area contributed by atoms with Gasteiger partial charge in [0.2, 0.25) is 0 Å². The fourth-order valence-corrected chi connectivity index (χ4v) is 3.60.